The number of hydrogen-bond acceptors (Lipinski definition) is 4. The van der Waals surface area contributed by atoms with Gasteiger partial charge >= 0.3 is 12.3 Å². The second-order valence-electron chi connectivity index (χ2n) is 3.18. The van der Waals surface area contributed by atoms with Gasteiger partial charge in [-0.05, 0) is 22.6 Å². The first-order valence-electron chi connectivity index (χ1n) is 4.58. The van der Waals surface area contributed by atoms with Crippen LogP contribution in [0.4, 0.5) is 13.2 Å². The molecule has 0 spiro atoms. The smallest absolute Gasteiger partial charge is 0.481 e. The zero-order valence-corrected chi connectivity index (χ0v) is 10.9. The molecule has 1 aromatic heterocycles. The van der Waals surface area contributed by atoms with Crippen LogP contribution in [0.2, 0.25) is 0 Å². The van der Waals surface area contributed by atoms with Gasteiger partial charge in [0.15, 0.2) is 5.75 Å². The van der Waals surface area contributed by atoms with E-state index >= 15 is 0 Å². The van der Waals surface area contributed by atoms with Crippen LogP contribution in [0.15, 0.2) is 6.20 Å². The van der Waals surface area contributed by atoms with Gasteiger partial charge in [-0.15, -0.1) is 13.2 Å². The van der Waals surface area contributed by atoms with Crippen molar-refractivity contribution in [1.82, 2.24) is 4.98 Å². The number of hydrogen-bond donors (Lipinski definition) is 2. The van der Waals surface area contributed by atoms with Crippen molar-refractivity contribution in [2.45, 2.75) is 19.3 Å². The van der Waals surface area contributed by atoms with Gasteiger partial charge in [0.05, 0.1) is 18.3 Å². The van der Waals surface area contributed by atoms with Gasteiger partial charge in [0.1, 0.15) is 0 Å². The number of rotatable bonds is 4. The maximum atomic E-state index is 12.1. The van der Waals surface area contributed by atoms with Crippen molar-refractivity contribution in [3.63, 3.8) is 0 Å². The predicted molar refractivity (Wildman–Crippen MR) is 62.9 cm³/mol. The summed E-state index contributed by atoms with van der Waals surface area (Å²) in [7, 11) is 0. The van der Waals surface area contributed by atoms with Gasteiger partial charge < -0.3 is 15.6 Å². The lowest BCUT2D eigenvalue weighted by molar-refractivity contribution is -0.275. The lowest BCUT2D eigenvalue weighted by Gasteiger charge is -2.14. The minimum atomic E-state index is -4.90. The van der Waals surface area contributed by atoms with Crippen molar-refractivity contribution in [1.29, 1.82) is 0 Å². The Hall–Kier alpha value is -1.10. The predicted octanol–water partition coefficient (Wildman–Crippen LogP) is 1.67. The normalized spacial score (nSPS) is 11.4. The molecule has 0 aliphatic carbocycles. The number of carbonyl (C=O) groups is 1. The number of alkyl halides is 3. The summed E-state index contributed by atoms with van der Waals surface area (Å²) < 4.78 is 40.5. The quantitative estimate of drug-likeness (QED) is 0.782. The van der Waals surface area contributed by atoms with Gasteiger partial charge in [-0.2, -0.15) is 0 Å². The van der Waals surface area contributed by atoms with Crippen molar-refractivity contribution in [2.24, 2.45) is 5.73 Å². The summed E-state index contributed by atoms with van der Waals surface area (Å²) in [6.07, 6.45) is -4.67. The van der Waals surface area contributed by atoms with Crippen molar-refractivity contribution in [3.05, 3.63) is 21.0 Å². The zero-order valence-electron chi connectivity index (χ0n) is 8.79. The minimum absolute atomic E-state index is 0.00279. The van der Waals surface area contributed by atoms with E-state index in [0.29, 0.717) is 5.69 Å². The molecule has 1 rings (SSSR count). The molecular weight excluding hydrogens is 368 g/mol. The highest BCUT2D eigenvalue weighted by Gasteiger charge is 2.33. The highest BCUT2D eigenvalue weighted by Crippen LogP contribution is 2.30. The molecule has 0 saturated heterocycles. The van der Waals surface area contributed by atoms with Crippen molar-refractivity contribution in [3.8, 4) is 5.75 Å². The number of aromatic nitrogens is 1. The summed E-state index contributed by atoms with van der Waals surface area (Å²) in [5, 5.41) is 8.69. The van der Waals surface area contributed by atoms with E-state index in [0.717, 1.165) is 6.20 Å². The van der Waals surface area contributed by atoms with E-state index in [4.69, 9.17) is 10.8 Å². The molecule has 100 valence electrons. The van der Waals surface area contributed by atoms with Gasteiger partial charge in [-0.25, -0.2) is 0 Å². The molecule has 0 unspecified atom stereocenters. The van der Waals surface area contributed by atoms with Crippen molar-refractivity contribution < 1.29 is 27.8 Å². The van der Waals surface area contributed by atoms with E-state index in [-0.39, 0.29) is 15.7 Å². The lowest BCUT2D eigenvalue weighted by atomic mass is 10.1. The number of pyridine rings is 1. The molecule has 3 N–H and O–H groups in total. The lowest BCUT2D eigenvalue weighted by Crippen LogP contribution is -2.20. The maximum absolute atomic E-state index is 12.1. The highest BCUT2D eigenvalue weighted by molar-refractivity contribution is 14.1. The Labute approximate surface area is 113 Å². The fourth-order valence-electron chi connectivity index (χ4n) is 1.22. The first kappa shape index (κ1) is 15.0. The fraction of sp³-hybridized carbons (Fsp3) is 0.333. The number of ether oxygens (including phenoxy) is 1. The third-order valence-electron chi connectivity index (χ3n) is 1.90. The molecule has 9 heteroatoms. The number of nitrogens with zero attached hydrogens (tertiary/aromatic N) is 1. The third-order valence-corrected chi connectivity index (χ3v) is 3.17. The average molecular weight is 376 g/mol. The van der Waals surface area contributed by atoms with E-state index in [2.05, 4.69) is 9.72 Å². The van der Waals surface area contributed by atoms with E-state index in [1.165, 1.54) is 0 Å². The summed E-state index contributed by atoms with van der Waals surface area (Å²) in [4.78, 5) is 14.3. The van der Waals surface area contributed by atoms with Crippen LogP contribution in [0.3, 0.4) is 0 Å². The van der Waals surface area contributed by atoms with E-state index in [9.17, 15) is 18.0 Å². The molecule has 0 atom stereocenters. The highest BCUT2D eigenvalue weighted by atomic mass is 127. The molecule has 18 heavy (non-hydrogen) atoms. The first-order valence-corrected chi connectivity index (χ1v) is 5.66. The fourth-order valence-corrected chi connectivity index (χ4v) is 2.04. The second kappa shape index (κ2) is 5.69. The monoisotopic (exact) mass is 376 g/mol. The van der Waals surface area contributed by atoms with Crippen LogP contribution in [-0.4, -0.2) is 22.4 Å². The molecular formula is C9H8F3IN2O3. The minimum Gasteiger partial charge on any atom is -0.481 e. The molecule has 0 bridgehead atoms. The van der Waals surface area contributed by atoms with Crippen LogP contribution in [0.25, 0.3) is 0 Å². The number of carboxylic acid groups (broad SMARTS) is 1. The molecule has 0 aromatic carbocycles. The average Bonchev–Trinajstić information content (AvgIpc) is 2.21. The third kappa shape index (κ3) is 3.98. The number of aliphatic carboxylic acids is 1. The molecule has 1 heterocycles. The van der Waals surface area contributed by atoms with Gasteiger partial charge in [0.2, 0.25) is 0 Å². The van der Waals surface area contributed by atoms with E-state index in [1.807, 2.05) is 0 Å². The Kier molecular flexibility index (Phi) is 4.73. The molecule has 0 aliphatic heterocycles. The van der Waals surface area contributed by atoms with Crippen LogP contribution in [0.5, 0.6) is 5.75 Å². The Morgan fingerprint density at radius 1 is 1.56 bits per heavy atom. The summed E-state index contributed by atoms with van der Waals surface area (Å²) in [5.74, 6) is -1.89. The van der Waals surface area contributed by atoms with E-state index in [1.54, 1.807) is 22.6 Å². The number of halogens is 4. The van der Waals surface area contributed by atoms with Crippen LogP contribution < -0.4 is 10.5 Å². The molecule has 0 aliphatic rings. The Balaban J connectivity index is 3.24. The standard InChI is InChI=1S/C9H8F3IN2O3/c10-9(11,12)18-6-3-15-5(2-14)8(13)4(6)1-7(16)17/h3H,1-2,14H2,(H,16,17). The molecule has 5 nitrogen and oxygen atoms in total. The van der Waals surface area contributed by atoms with Gasteiger partial charge in [0.25, 0.3) is 0 Å². The second-order valence-corrected chi connectivity index (χ2v) is 4.26. The van der Waals surface area contributed by atoms with Gasteiger partial charge in [-0.1, -0.05) is 0 Å². The Morgan fingerprint density at radius 2 is 2.17 bits per heavy atom. The van der Waals surface area contributed by atoms with Crippen molar-refractivity contribution in [2.75, 3.05) is 0 Å². The molecule has 0 fully saturated rings. The van der Waals surface area contributed by atoms with Crippen LogP contribution >= 0.6 is 22.6 Å². The van der Waals surface area contributed by atoms with Crippen LogP contribution in [0, 0.1) is 3.57 Å². The van der Waals surface area contributed by atoms with Crippen LogP contribution in [-0.2, 0) is 17.8 Å². The molecule has 0 radical (unpaired) electrons. The summed E-state index contributed by atoms with van der Waals surface area (Å²) >= 11 is 1.70. The molecule has 1 aromatic rings. The largest absolute Gasteiger partial charge is 0.573 e. The summed E-state index contributed by atoms with van der Waals surface area (Å²) in [6.45, 7) is -0.00279. The zero-order chi connectivity index (χ0) is 13.9. The van der Waals surface area contributed by atoms with Crippen LogP contribution in [0.1, 0.15) is 11.3 Å². The Morgan fingerprint density at radius 3 is 2.61 bits per heavy atom. The molecule has 0 amide bonds. The van der Waals surface area contributed by atoms with Gasteiger partial charge in [-0.3, -0.25) is 9.78 Å². The summed E-state index contributed by atoms with van der Waals surface area (Å²) in [5.41, 5.74) is 5.58. The van der Waals surface area contributed by atoms with Crippen molar-refractivity contribution >= 4 is 28.6 Å². The van der Waals surface area contributed by atoms with Gasteiger partial charge in [0, 0.05) is 15.7 Å². The maximum Gasteiger partial charge on any atom is 0.573 e. The van der Waals surface area contributed by atoms with E-state index < -0.39 is 24.5 Å². The summed E-state index contributed by atoms with van der Waals surface area (Å²) in [6, 6.07) is 0. The molecule has 0 saturated carbocycles. The number of carboxylic acids is 1. The first-order chi connectivity index (χ1) is 8.24. The topological polar surface area (TPSA) is 85.4 Å². The number of nitrogens with two attached hydrogens (primary N) is 1. The SMILES string of the molecule is NCc1ncc(OC(F)(F)F)c(CC(=O)O)c1I. The Bertz CT molecular complexity index is 465.